The van der Waals surface area contributed by atoms with Gasteiger partial charge in [-0.1, -0.05) is 97.4 Å². The first kappa shape index (κ1) is 31.1. The van der Waals surface area contributed by atoms with E-state index in [0.29, 0.717) is 42.4 Å². The van der Waals surface area contributed by atoms with Gasteiger partial charge in [-0.05, 0) is 55.0 Å². The van der Waals surface area contributed by atoms with Crippen LogP contribution < -0.4 is 0 Å². The average molecular weight is 688 g/mol. The smallest absolute Gasteiger partial charge is 0.341 e. The van der Waals surface area contributed by atoms with Crippen molar-refractivity contribution in [3.63, 3.8) is 0 Å². The number of halogens is 2. The lowest BCUT2D eigenvalue weighted by atomic mass is 9.73. The summed E-state index contributed by atoms with van der Waals surface area (Å²) < 4.78 is 7.91. The molecule has 0 amide bonds. The van der Waals surface area contributed by atoms with Gasteiger partial charge in [0.2, 0.25) is 0 Å². The molecule has 0 saturated carbocycles. The number of hydrogen-bond donors (Lipinski definition) is 3. The van der Waals surface area contributed by atoms with E-state index < -0.39 is 17.5 Å². The fourth-order valence-electron chi connectivity index (χ4n) is 6.07. The Bertz CT molecular complexity index is 1440. The summed E-state index contributed by atoms with van der Waals surface area (Å²) in [7, 11) is 0. The van der Waals surface area contributed by atoms with E-state index in [-0.39, 0.29) is 22.6 Å². The van der Waals surface area contributed by atoms with Crippen molar-refractivity contribution in [3.8, 4) is 11.5 Å². The van der Waals surface area contributed by atoms with Gasteiger partial charge in [0.05, 0.1) is 11.1 Å². The molecule has 1 aliphatic rings. The van der Waals surface area contributed by atoms with Crippen LogP contribution in [0.1, 0.15) is 113 Å². The maximum Gasteiger partial charge on any atom is 0.341 e. The average Bonchev–Trinajstić information content (AvgIpc) is 3.24. The van der Waals surface area contributed by atoms with Crippen molar-refractivity contribution < 1.29 is 29.6 Å². The summed E-state index contributed by atoms with van der Waals surface area (Å²) in [4.78, 5) is 26.0. The number of rotatable bonds is 11. The number of cyclic esters (lactones) is 1. The van der Waals surface area contributed by atoms with E-state index in [1.54, 1.807) is 24.3 Å². The van der Waals surface area contributed by atoms with Crippen molar-refractivity contribution >= 4 is 43.8 Å². The molecule has 1 aliphatic heterocycles. The maximum absolute atomic E-state index is 13.7. The number of aromatic carboxylic acids is 1. The van der Waals surface area contributed by atoms with Gasteiger partial charge in [0, 0.05) is 36.8 Å². The second-order valence-corrected chi connectivity index (χ2v) is 12.1. The number of carbonyl (C=O) groups is 2. The van der Waals surface area contributed by atoms with Crippen LogP contribution in [0.15, 0.2) is 39.3 Å². The molecule has 0 unspecified atom stereocenters. The number of benzene rings is 3. The molecule has 0 bridgehead atoms. The fraction of sp³-hybridized carbons (Fsp3) is 0.394. The molecule has 3 aromatic carbocycles. The third kappa shape index (κ3) is 5.18. The van der Waals surface area contributed by atoms with Gasteiger partial charge in [-0.2, -0.15) is 0 Å². The summed E-state index contributed by atoms with van der Waals surface area (Å²) in [6, 6.07) is 8.05. The Morgan fingerprint density at radius 3 is 1.61 bits per heavy atom. The Labute approximate surface area is 258 Å². The molecule has 41 heavy (non-hydrogen) atoms. The maximum atomic E-state index is 13.7. The third-order valence-corrected chi connectivity index (χ3v) is 9.69. The Morgan fingerprint density at radius 1 is 0.756 bits per heavy atom. The Balaban J connectivity index is 2.26. The normalized spacial score (nSPS) is 13.8. The predicted octanol–water partition coefficient (Wildman–Crippen LogP) is 8.59. The number of hydrogen-bond acceptors (Lipinski definition) is 5. The first-order chi connectivity index (χ1) is 19.6. The van der Waals surface area contributed by atoms with Gasteiger partial charge in [-0.25, -0.2) is 9.59 Å². The van der Waals surface area contributed by atoms with E-state index in [9.17, 15) is 24.9 Å². The van der Waals surface area contributed by atoms with Crippen LogP contribution in [0.2, 0.25) is 0 Å². The van der Waals surface area contributed by atoms with Gasteiger partial charge in [0.15, 0.2) is 5.60 Å². The summed E-state index contributed by atoms with van der Waals surface area (Å²) in [6.45, 7) is 8.18. The largest absolute Gasteiger partial charge is 0.508 e. The van der Waals surface area contributed by atoms with Crippen LogP contribution in [0.3, 0.4) is 0 Å². The summed E-state index contributed by atoms with van der Waals surface area (Å²) in [5.74, 6) is -1.87. The molecular weight excluding hydrogens is 652 g/mol. The predicted molar refractivity (Wildman–Crippen MR) is 166 cm³/mol. The summed E-state index contributed by atoms with van der Waals surface area (Å²) in [5, 5.41) is 32.7. The number of carboxylic acids is 1. The monoisotopic (exact) mass is 686 g/mol. The van der Waals surface area contributed by atoms with Crippen molar-refractivity contribution in [2.24, 2.45) is 0 Å². The van der Waals surface area contributed by atoms with E-state index in [4.69, 9.17) is 4.74 Å². The highest BCUT2D eigenvalue weighted by Gasteiger charge is 2.53. The second-order valence-electron chi connectivity index (χ2n) is 10.5. The van der Waals surface area contributed by atoms with Crippen LogP contribution in [-0.2, 0) is 36.0 Å². The van der Waals surface area contributed by atoms with Crippen LogP contribution >= 0.6 is 31.9 Å². The molecule has 3 N–H and O–H groups in total. The van der Waals surface area contributed by atoms with Crippen LogP contribution in [0.4, 0.5) is 0 Å². The molecule has 218 valence electrons. The summed E-state index contributed by atoms with van der Waals surface area (Å²) in [5.41, 5.74) is 2.96. The van der Waals surface area contributed by atoms with Crippen LogP contribution in [0.5, 0.6) is 11.5 Å². The van der Waals surface area contributed by atoms with E-state index in [2.05, 4.69) is 45.7 Å². The van der Waals surface area contributed by atoms with E-state index in [0.717, 1.165) is 56.9 Å². The number of fused-ring (bicyclic) bond motifs is 1. The molecule has 0 radical (unpaired) electrons. The number of esters is 1. The molecule has 0 fully saturated rings. The first-order valence-electron chi connectivity index (χ1n) is 14.3. The van der Waals surface area contributed by atoms with Gasteiger partial charge in [-0.15, -0.1) is 0 Å². The molecule has 3 aromatic rings. The Morgan fingerprint density at radius 2 is 1.20 bits per heavy atom. The highest BCUT2D eigenvalue weighted by molar-refractivity contribution is 9.11. The van der Waals surface area contributed by atoms with Crippen molar-refractivity contribution in [2.75, 3.05) is 0 Å². The fourth-order valence-corrected chi connectivity index (χ4v) is 7.70. The third-order valence-electron chi connectivity index (χ3n) is 7.77. The first-order valence-corrected chi connectivity index (χ1v) is 15.8. The molecular formula is C33H36Br2O6. The summed E-state index contributed by atoms with van der Waals surface area (Å²) >= 11 is 7.56. The molecule has 4 rings (SSSR count). The molecule has 0 atom stereocenters. The van der Waals surface area contributed by atoms with Crippen molar-refractivity contribution in [3.05, 3.63) is 89.3 Å². The van der Waals surface area contributed by atoms with E-state index in [1.807, 2.05) is 13.8 Å². The second kappa shape index (κ2) is 12.6. The zero-order valence-electron chi connectivity index (χ0n) is 23.9. The van der Waals surface area contributed by atoms with Gasteiger partial charge in [0.25, 0.3) is 0 Å². The number of phenolic OH excluding ortho intramolecular Hbond substituents is 2. The topological polar surface area (TPSA) is 104 Å². The number of phenols is 2. The number of ether oxygens (including phenoxy) is 1. The Hall–Kier alpha value is -2.84. The lowest BCUT2D eigenvalue weighted by Gasteiger charge is -2.35. The molecule has 8 heteroatoms. The minimum atomic E-state index is -1.61. The minimum Gasteiger partial charge on any atom is -0.508 e. The highest BCUT2D eigenvalue weighted by Crippen LogP contribution is 2.54. The minimum absolute atomic E-state index is 0.0219. The lowest BCUT2D eigenvalue weighted by molar-refractivity contribution is 0.0242. The van der Waals surface area contributed by atoms with Crippen LogP contribution in [0.25, 0.3) is 0 Å². The SMILES string of the molecule is CCCc1c(O)cc(C2(c3cc(O)c(CCC)c(Br)c3CCC)OC(=O)c3c(C(=O)O)cccc32)c(CCC)c1Br. The standard InChI is InChI=1S/C33H36Br2O6/c1-5-10-18-24(16-26(36)20(12-7-3)29(18)34)33(23-15-9-14-22(31(38)39)28(23)32(40)41-33)25-17-27(37)21(13-8-4)30(35)19(25)11-6-2/h9,14-17,36-37H,5-8,10-13H2,1-4H3,(H,38,39). The number of aromatic hydroxyl groups is 2. The summed E-state index contributed by atoms with van der Waals surface area (Å²) in [6.07, 6.45) is 5.73. The van der Waals surface area contributed by atoms with E-state index in [1.165, 1.54) is 6.07 Å². The van der Waals surface area contributed by atoms with Gasteiger partial charge >= 0.3 is 11.9 Å². The van der Waals surface area contributed by atoms with Crippen molar-refractivity contribution in [1.29, 1.82) is 0 Å². The molecule has 0 spiro atoms. The zero-order valence-corrected chi connectivity index (χ0v) is 27.0. The van der Waals surface area contributed by atoms with Crippen LogP contribution in [-0.4, -0.2) is 27.3 Å². The quantitative estimate of drug-likeness (QED) is 0.175. The Kier molecular flexibility index (Phi) is 9.54. The highest BCUT2D eigenvalue weighted by atomic mass is 79.9. The van der Waals surface area contributed by atoms with Crippen LogP contribution in [0, 0.1) is 0 Å². The molecule has 6 nitrogen and oxygen atoms in total. The molecule has 0 saturated heterocycles. The van der Waals surface area contributed by atoms with Gasteiger partial charge in [0.1, 0.15) is 11.5 Å². The zero-order chi connectivity index (χ0) is 30.1. The van der Waals surface area contributed by atoms with Gasteiger partial charge < -0.3 is 20.1 Å². The van der Waals surface area contributed by atoms with Crippen molar-refractivity contribution in [1.82, 2.24) is 0 Å². The van der Waals surface area contributed by atoms with Gasteiger partial charge in [-0.3, -0.25) is 0 Å². The number of carbonyl (C=O) groups excluding carboxylic acids is 1. The number of carboxylic acid groups (broad SMARTS) is 1. The van der Waals surface area contributed by atoms with E-state index >= 15 is 0 Å². The molecule has 1 heterocycles. The molecule has 0 aliphatic carbocycles. The lowest BCUT2D eigenvalue weighted by Crippen LogP contribution is -2.33. The molecule has 0 aromatic heterocycles. The van der Waals surface area contributed by atoms with Crippen molar-refractivity contribution in [2.45, 2.75) is 84.7 Å².